The van der Waals surface area contributed by atoms with E-state index in [1.54, 1.807) is 24.3 Å². The number of sulfonamides is 1. The standard InChI is InChI=1S/C15H10Cl2N4O4S/c16-10-5-6-14(21(22)23)15(7-10)26(24,25)19-11-8-18-20(9-11)13-4-2-1-3-12(13)17/h1-9,19H. The third-order valence-electron chi connectivity index (χ3n) is 3.34. The molecule has 0 aliphatic carbocycles. The van der Waals surface area contributed by atoms with Gasteiger partial charge in [0.2, 0.25) is 0 Å². The number of para-hydroxylation sites is 1. The molecule has 134 valence electrons. The molecule has 0 unspecified atom stereocenters. The summed E-state index contributed by atoms with van der Waals surface area (Å²) in [7, 11) is -4.25. The van der Waals surface area contributed by atoms with Gasteiger partial charge >= 0.3 is 0 Å². The first kappa shape index (κ1) is 18.2. The Hall–Kier alpha value is -2.62. The van der Waals surface area contributed by atoms with Gasteiger partial charge in [0.15, 0.2) is 4.90 Å². The molecule has 8 nitrogen and oxygen atoms in total. The van der Waals surface area contributed by atoms with Gasteiger partial charge in [0.1, 0.15) is 0 Å². The van der Waals surface area contributed by atoms with Crippen molar-refractivity contribution in [1.29, 1.82) is 0 Å². The number of anilines is 1. The lowest BCUT2D eigenvalue weighted by Crippen LogP contribution is -2.14. The van der Waals surface area contributed by atoms with Crippen molar-refractivity contribution in [2.45, 2.75) is 4.90 Å². The summed E-state index contributed by atoms with van der Waals surface area (Å²) in [5.74, 6) is 0. The maximum Gasteiger partial charge on any atom is 0.289 e. The number of benzene rings is 2. The number of nitrogens with zero attached hydrogens (tertiary/aromatic N) is 3. The van der Waals surface area contributed by atoms with Crippen LogP contribution in [0.4, 0.5) is 11.4 Å². The van der Waals surface area contributed by atoms with Gasteiger partial charge in [-0.15, -0.1) is 0 Å². The topological polar surface area (TPSA) is 107 Å². The molecule has 11 heteroatoms. The number of rotatable bonds is 5. The quantitative estimate of drug-likeness (QED) is 0.505. The van der Waals surface area contributed by atoms with E-state index in [0.29, 0.717) is 10.7 Å². The second-order valence-electron chi connectivity index (χ2n) is 5.10. The summed E-state index contributed by atoms with van der Waals surface area (Å²) in [6.45, 7) is 0. The monoisotopic (exact) mass is 412 g/mol. The van der Waals surface area contributed by atoms with Crippen LogP contribution in [0.5, 0.6) is 0 Å². The molecule has 3 aromatic rings. The van der Waals surface area contributed by atoms with E-state index in [9.17, 15) is 18.5 Å². The van der Waals surface area contributed by atoms with Gasteiger partial charge in [-0.05, 0) is 24.3 Å². The lowest BCUT2D eigenvalue weighted by molar-refractivity contribution is -0.387. The number of hydrogen-bond donors (Lipinski definition) is 1. The zero-order chi connectivity index (χ0) is 18.9. The van der Waals surface area contributed by atoms with E-state index in [4.69, 9.17) is 23.2 Å². The van der Waals surface area contributed by atoms with Gasteiger partial charge in [0.05, 0.1) is 33.7 Å². The van der Waals surface area contributed by atoms with Gasteiger partial charge in [0.25, 0.3) is 15.7 Å². The van der Waals surface area contributed by atoms with Crippen molar-refractivity contribution in [3.8, 4) is 5.69 Å². The van der Waals surface area contributed by atoms with Crippen LogP contribution in [0, 0.1) is 10.1 Å². The number of halogens is 2. The van der Waals surface area contributed by atoms with E-state index in [0.717, 1.165) is 12.1 Å². The van der Waals surface area contributed by atoms with Crippen molar-refractivity contribution in [3.05, 3.63) is 75.0 Å². The second-order valence-corrected chi connectivity index (χ2v) is 7.59. The molecule has 0 atom stereocenters. The zero-order valence-corrected chi connectivity index (χ0v) is 15.2. The lowest BCUT2D eigenvalue weighted by atomic mass is 10.3. The maximum absolute atomic E-state index is 12.6. The molecule has 0 bridgehead atoms. The normalized spacial score (nSPS) is 11.3. The van der Waals surface area contributed by atoms with E-state index in [1.165, 1.54) is 23.1 Å². The Morgan fingerprint density at radius 3 is 2.58 bits per heavy atom. The van der Waals surface area contributed by atoms with Crippen molar-refractivity contribution >= 4 is 44.6 Å². The van der Waals surface area contributed by atoms with Crippen molar-refractivity contribution in [3.63, 3.8) is 0 Å². The highest BCUT2D eigenvalue weighted by Gasteiger charge is 2.26. The van der Waals surface area contributed by atoms with E-state index >= 15 is 0 Å². The van der Waals surface area contributed by atoms with Gasteiger partial charge in [-0.3, -0.25) is 14.8 Å². The minimum absolute atomic E-state index is 0.0581. The van der Waals surface area contributed by atoms with Gasteiger partial charge in [-0.1, -0.05) is 35.3 Å². The molecule has 0 aliphatic rings. The van der Waals surface area contributed by atoms with Crippen LogP contribution in [-0.4, -0.2) is 23.1 Å². The first-order chi connectivity index (χ1) is 12.3. The third kappa shape index (κ3) is 3.64. The van der Waals surface area contributed by atoms with Gasteiger partial charge < -0.3 is 0 Å². The Kier molecular flexibility index (Phi) is 4.86. The summed E-state index contributed by atoms with van der Waals surface area (Å²) in [5, 5.41) is 15.6. The van der Waals surface area contributed by atoms with Gasteiger partial charge in [-0.25, -0.2) is 13.1 Å². The fraction of sp³-hybridized carbons (Fsp3) is 0. The molecular weight excluding hydrogens is 403 g/mol. The van der Waals surface area contributed by atoms with Crippen LogP contribution < -0.4 is 4.72 Å². The fourth-order valence-electron chi connectivity index (χ4n) is 2.21. The average Bonchev–Trinajstić information content (AvgIpc) is 3.02. The van der Waals surface area contributed by atoms with Crippen LogP contribution in [0.25, 0.3) is 5.69 Å². The second kappa shape index (κ2) is 6.94. The molecular formula is C15H10Cl2N4O4S. The third-order valence-corrected chi connectivity index (χ3v) is 5.31. The molecule has 1 heterocycles. The highest BCUT2D eigenvalue weighted by Crippen LogP contribution is 2.29. The van der Waals surface area contributed by atoms with E-state index in [2.05, 4.69) is 9.82 Å². The summed E-state index contributed by atoms with van der Waals surface area (Å²) in [6.07, 6.45) is 2.66. The summed E-state index contributed by atoms with van der Waals surface area (Å²) < 4.78 is 28.7. The summed E-state index contributed by atoms with van der Waals surface area (Å²) in [6, 6.07) is 10.2. The summed E-state index contributed by atoms with van der Waals surface area (Å²) in [4.78, 5) is 9.76. The minimum atomic E-state index is -4.25. The predicted octanol–water partition coefficient (Wildman–Crippen LogP) is 3.89. The van der Waals surface area contributed by atoms with E-state index in [-0.39, 0.29) is 10.7 Å². The highest BCUT2D eigenvalue weighted by molar-refractivity contribution is 7.92. The Balaban J connectivity index is 1.96. The highest BCUT2D eigenvalue weighted by atomic mass is 35.5. The number of hydrogen-bond acceptors (Lipinski definition) is 5. The Morgan fingerprint density at radius 1 is 1.15 bits per heavy atom. The van der Waals surface area contributed by atoms with Crippen LogP contribution in [-0.2, 0) is 10.0 Å². The molecule has 0 amide bonds. The van der Waals surface area contributed by atoms with E-state index < -0.39 is 25.5 Å². The molecule has 1 N–H and O–H groups in total. The molecule has 3 rings (SSSR count). The predicted molar refractivity (Wildman–Crippen MR) is 97.5 cm³/mol. The molecule has 2 aromatic carbocycles. The lowest BCUT2D eigenvalue weighted by Gasteiger charge is -2.07. The van der Waals surface area contributed by atoms with Crippen molar-refractivity contribution in [1.82, 2.24) is 9.78 Å². The summed E-state index contributed by atoms with van der Waals surface area (Å²) >= 11 is 11.9. The first-order valence-corrected chi connectivity index (χ1v) is 9.28. The largest absolute Gasteiger partial charge is 0.289 e. The molecule has 26 heavy (non-hydrogen) atoms. The maximum atomic E-state index is 12.6. The van der Waals surface area contributed by atoms with Crippen LogP contribution in [0.2, 0.25) is 10.0 Å². The zero-order valence-electron chi connectivity index (χ0n) is 12.8. The SMILES string of the molecule is O=[N+]([O-])c1ccc(Cl)cc1S(=O)(=O)Nc1cnn(-c2ccccc2Cl)c1. The van der Waals surface area contributed by atoms with Gasteiger partial charge in [-0.2, -0.15) is 5.10 Å². The average molecular weight is 413 g/mol. The molecule has 0 fully saturated rings. The smallest absolute Gasteiger partial charge is 0.276 e. The Bertz CT molecular complexity index is 1100. The van der Waals surface area contributed by atoms with Gasteiger partial charge in [0, 0.05) is 11.1 Å². The Morgan fingerprint density at radius 2 is 1.88 bits per heavy atom. The molecule has 0 radical (unpaired) electrons. The van der Waals surface area contributed by atoms with Crippen molar-refractivity contribution in [2.75, 3.05) is 4.72 Å². The number of nitrogens with one attached hydrogen (secondary N) is 1. The summed E-state index contributed by atoms with van der Waals surface area (Å²) in [5.41, 5.74) is 0.0768. The Labute approximate surface area is 158 Å². The van der Waals surface area contributed by atoms with Crippen LogP contribution in [0.1, 0.15) is 0 Å². The first-order valence-electron chi connectivity index (χ1n) is 7.04. The number of nitro benzene ring substituents is 1. The number of nitro groups is 1. The molecule has 0 spiro atoms. The van der Waals surface area contributed by atoms with Crippen LogP contribution in [0.15, 0.2) is 59.8 Å². The number of aromatic nitrogens is 2. The molecule has 1 aromatic heterocycles. The van der Waals surface area contributed by atoms with Crippen molar-refractivity contribution < 1.29 is 13.3 Å². The molecule has 0 saturated carbocycles. The van der Waals surface area contributed by atoms with Crippen molar-refractivity contribution in [2.24, 2.45) is 0 Å². The fourth-order valence-corrected chi connectivity index (χ4v) is 3.89. The van der Waals surface area contributed by atoms with Crippen LogP contribution >= 0.6 is 23.2 Å². The molecule has 0 saturated heterocycles. The van der Waals surface area contributed by atoms with E-state index in [1.807, 2.05) is 0 Å². The molecule has 0 aliphatic heterocycles. The minimum Gasteiger partial charge on any atom is -0.276 e. The van der Waals surface area contributed by atoms with Crippen LogP contribution in [0.3, 0.4) is 0 Å².